The Balaban J connectivity index is 1.86. The third-order valence-electron chi connectivity index (χ3n) is 3.65. The van der Waals surface area contributed by atoms with Crippen LogP contribution in [0.2, 0.25) is 0 Å². The van der Waals surface area contributed by atoms with Gasteiger partial charge in [0, 0.05) is 11.1 Å². The molecule has 0 aliphatic rings. The van der Waals surface area contributed by atoms with Crippen LogP contribution >= 0.6 is 15.9 Å². The molecule has 1 heterocycles. The largest absolute Gasteiger partial charge is 0.208 e. The van der Waals surface area contributed by atoms with Gasteiger partial charge in [0.15, 0.2) is 11.6 Å². The number of hydrogen-bond acceptors (Lipinski definition) is 3. The predicted molar refractivity (Wildman–Crippen MR) is 95.9 cm³/mol. The monoisotopic (exact) mass is 361 g/mol. The fraction of sp³-hybridized carbons (Fsp3) is 0. The Kier molecular flexibility index (Phi) is 3.60. The Labute approximate surface area is 142 Å². The number of benzene rings is 3. The lowest BCUT2D eigenvalue weighted by Crippen LogP contribution is -1.97. The smallest absolute Gasteiger partial charge is 0.200 e. The quantitative estimate of drug-likeness (QED) is 0.497. The Morgan fingerprint density at radius 1 is 0.565 bits per heavy atom. The molecule has 0 saturated heterocycles. The van der Waals surface area contributed by atoms with Crippen LogP contribution in [0.15, 0.2) is 77.5 Å². The first-order valence-corrected chi connectivity index (χ1v) is 8.05. The Hall–Kier alpha value is -2.59. The van der Waals surface area contributed by atoms with Crippen LogP contribution in [-0.2, 0) is 0 Å². The maximum Gasteiger partial charge on any atom is 0.200 e. The van der Waals surface area contributed by atoms with E-state index in [-0.39, 0.29) is 0 Å². The molecule has 0 N–H and O–H groups in total. The van der Waals surface area contributed by atoms with Crippen molar-refractivity contribution in [3.63, 3.8) is 0 Å². The highest BCUT2D eigenvalue weighted by Crippen LogP contribution is 2.25. The lowest BCUT2D eigenvalue weighted by Gasteiger charge is -2.06. The molecule has 3 aromatic carbocycles. The van der Waals surface area contributed by atoms with Crippen molar-refractivity contribution < 1.29 is 0 Å². The summed E-state index contributed by atoms with van der Waals surface area (Å²) in [5.74, 6) is 1.33. The summed E-state index contributed by atoms with van der Waals surface area (Å²) in [5.41, 5.74) is 1.95. The van der Waals surface area contributed by atoms with Crippen LogP contribution < -0.4 is 0 Å². The molecular weight excluding hydrogens is 350 g/mol. The van der Waals surface area contributed by atoms with Crippen molar-refractivity contribution in [1.29, 1.82) is 0 Å². The van der Waals surface area contributed by atoms with Gasteiger partial charge in [0.2, 0.25) is 4.73 Å². The van der Waals surface area contributed by atoms with E-state index in [2.05, 4.69) is 55.1 Å². The van der Waals surface area contributed by atoms with Crippen LogP contribution in [0.5, 0.6) is 0 Å². The van der Waals surface area contributed by atoms with Gasteiger partial charge in [-0.1, -0.05) is 66.7 Å². The number of rotatable bonds is 2. The van der Waals surface area contributed by atoms with Crippen LogP contribution in [0.1, 0.15) is 0 Å². The molecule has 0 amide bonds. The average Bonchev–Trinajstić information content (AvgIpc) is 2.61. The molecule has 4 heteroatoms. The van der Waals surface area contributed by atoms with E-state index in [0.717, 1.165) is 11.1 Å². The molecule has 3 nitrogen and oxygen atoms in total. The molecule has 0 radical (unpaired) electrons. The van der Waals surface area contributed by atoms with E-state index in [0.29, 0.717) is 16.4 Å². The third kappa shape index (κ3) is 2.85. The fourth-order valence-electron chi connectivity index (χ4n) is 2.52. The summed E-state index contributed by atoms with van der Waals surface area (Å²) in [4.78, 5) is 13.4. The molecule has 23 heavy (non-hydrogen) atoms. The number of fused-ring (bicyclic) bond motifs is 1. The summed E-state index contributed by atoms with van der Waals surface area (Å²) < 4.78 is 0.537. The van der Waals surface area contributed by atoms with Crippen LogP contribution in [0, 0.1) is 0 Å². The van der Waals surface area contributed by atoms with E-state index >= 15 is 0 Å². The van der Waals surface area contributed by atoms with Crippen LogP contribution in [0.25, 0.3) is 33.5 Å². The van der Waals surface area contributed by atoms with Crippen molar-refractivity contribution >= 4 is 26.7 Å². The number of hydrogen-bond donors (Lipinski definition) is 0. The standard InChI is InChI=1S/C19H12BrN3/c20-19-22-17(14-7-2-1-3-8-14)21-18(23-19)16-11-10-13-6-4-5-9-15(13)12-16/h1-12H. The first-order valence-electron chi connectivity index (χ1n) is 7.26. The lowest BCUT2D eigenvalue weighted by atomic mass is 10.1. The highest BCUT2D eigenvalue weighted by atomic mass is 79.9. The van der Waals surface area contributed by atoms with Gasteiger partial charge in [-0.2, -0.15) is 0 Å². The van der Waals surface area contributed by atoms with Gasteiger partial charge in [-0.3, -0.25) is 0 Å². The highest BCUT2D eigenvalue weighted by molar-refractivity contribution is 9.10. The lowest BCUT2D eigenvalue weighted by molar-refractivity contribution is 1.03. The SMILES string of the molecule is Brc1nc(-c2ccccc2)nc(-c2ccc3ccccc3c2)n1. The summed E-state index contributed by atoms with van der Waals surface area (Å²) in [5, 5.41) is 2.37. The Morgan fingerprint density at radius 3 is 2.00 bits per heavy atom. The van der Waals surface area contributed by atoms with E-state index in [4.69, 9.17) is 0 Å². The van der Waals surface area contributed by atoms with Crippen LogP contribution in [-0.4, -0.2) is 15.0 Å². The van der Waals surface area contributed by atoms with Gasteiger partial charge in [-0.25, -0.2) is 15.0 Å². The normalized spacial score (nSPS) is 10.8. The van der Waals surface area contributed by atoms with Gasteiger partial charge in [0.25, 0.3) is 0 Å². The van der Waals surface area contributed by atoms with Gasteiger partial charge in [0.1, 0.15) is 0 Å². The molecule has 4 aromatic rings. The Morgan fingerprint density at radius 2 is 1.22 bits per heavy atom. The molecule has 1 aromatic heterocycles. The molecule has 4 rings (SSSR count). The molecule has 0 spiro atoms. The summed E-state index contributed by atoms with van der Waals surface area (Å²) in [6.45, 7) is 0. The van der Waals surface area contributed by atoms with E-state index in [1.54, 1.807) is 0 Å². The topological polar surface area (TPSA) is 38.7 Å². The van der Waals surface area contributed by atoms with Crippen molar-refractivity contribution in [2.45, 2.75) is 0 Å². The second-order valence-corrected chi connectivity index (χ2v) is 5.89. The number of nitrogens with zero attached hydrogens (tertiary/aromatic N) is 3. The minimum absolute atomic E-state index is 0.537. The van der Waals surface area contributed by atoms with Crippen molar-refractivity contribution in [2.24, 2.45) is 0 Å². The van der Waals surface area contributed by atoms with E-state index < -0.39 is 0 Å². The van der Waals surface area contributed by atoms with Crippen LogP contribution in [0.3, 0.4) is 0 Å². The zero-order chi connectivity index (χ0) is 15.6. The number of aromatic nitrogens is 3. The highest BCUT2D eigenvalue weighted by Gasteiger charge is 2.09. The third-order valence-corrected chi connectivity index (χ3v) is 4.00. The zero-order valence-electron chi connectivity index (χ0n) is 12.1. The van der Waals surface area contributed by atoms with Crippen molar-refractivity contribution in [1.82, 2.24) is 15.0 Å². The van der Waals surface area contributed by atoms with Crippen molar-refractivity contribution in [3.8, 4) is 22.8 Å². The molecule has 0 unspecified atom stereocenters. The summed E-state index contributed by atoms with van der Waals surface area (Å²) in [7, 11) is 0. The van der Waals surface area contributed by atoms with E-state index in [1.807, 2.05) is 48.5 Å². The summed E-state index contributed by atoms with van der Waals surface area (Å²) >= 11 is 3.40. The van der Waals surface area contributed by atoms with Crippen molar-refractivity contribution in [2.75, 3.05) is 0 Å². The molecule has 0 bridgehead atoms. The van der Waals surface area contributed by atoms with E-state index in [9.17, 15) is 0 Å². The van der Waals surface area contributed by atoms with Gasteiger partial charge in [-0.05, 0) is 32.8 Å². The van der Waals surface area contributed by atoms with Gasteiger partial charge < -0.3 is 0 Å². The molecular formula is C19H12BrN3. The number of halogens is 1. The molecule has 110 valence electrons. The molecule has 0 aliphatic carbocycles. The minimum Gasteiger partial charge on any atom is -0.208 e. The summed E-state index contributed by atoms with van der Waals surface area (Å²) in [6, 6.07) is 24.4. The second kappa shape index (κ2) is 5.89. The molecule has 0 atom stereocenters. The first-order chi connectivity index (χ1) is 11.3. The van der Waals surface area contributed by atoms with Gasteiger partial charge >= 0.3 is 0 Å². The maximum atomic E-state index is 4.63. The zero-order valence-corrected chi connectivity index (χ0v) is 13.7. The van der Waals surface area contributed by atoms with Gasteiger partial charge in [0.05, 0.1) is 0 Å². The van der Waals surface area contributed by atoms with Gasteiger partial charge in [-0.15, -0.1) is 0 Å². The maximum absolute atomic E-state index is 4.63. The molecule has 0 saturated carbocycles. The average molecular weight is 362 g/mol. The van der Waals surface area contributed by atoms with E-state index in [1.165, 1.54) is 10.8 Å². The fourth-order valence-corrected chi connectivity index (χ4v) is 2.86. The Bertz CT molecular complexity index is 984. The van der Waals surface area contributed by atoms with Crippen molar-refractivity contribution in [3.05, 3.63) is 77.5 Å². The molecule has 0 fully saturated rings. The predicted octanol–water partition coefficient (Wildman–Crippen LogP) is 5.12. The minimum atomic E-state index is 0.537. The van der Waals surface area contributed by atoms with Crippen LogP contribution in [0.4, 0.5) is 0 Å². The summed E-state index contributed by atoms with van der Waals surface area (Å²) in [6.07, 6.45) is 0. The molecule has 0 aliphatic heterocycles. The first kappa shape index (κ1) is 14.0. The second-order valence-electron chi connectivity index (χ2n) is 5.18.